The highest BCUT2D eigenvalue weighted by atomic mass is 35.5. The molecule has 102 valence electrons. The number of nitrogens with zero attached hydrogens (tertiary/aromatic N) is 1. The van der Waals surface area contributed by atoms with Crippen molar-refractivity contribution in [2.24, 2.45) is 17.3 Å². The van der Waals surface area contributed by atoms with Crippen molar-refractivity contribution in [1.29, 1.82) is 0 Å². The number of anilines is 1. The zero-order valence-corrected chi connectivity index (χ0v) is 12.6. The second kappa shape index (κ2) is 5.14. The van der Waals surface area contributed by atoms with Crippen LogP contribution in [0.1, 0.15) is 19.5 Å². The summed E-state index contributed by atoms with van der Waals surface area (Å²) < 4.78 is 0.210. The summed E-state index contributed by atoms with van der Waals surface area (Å²) in [7, 11) is 0. The number of carbonyl (C=O) groups excluding carboxylic acids is 1. The highest BCUT2D eigenvalue weighted by Crippen LogP contribution is 2.59. The molecular weight excluding hydrogens is 283 g/mol. The number of amides is 1. The van der Waals surface area contributed by atoms with Crippen molar-refractivity contribution in [3.63, 3.8) is 0 Å². The number of aromatic nitrogens is 1. The average molecular weight is 299 g/mol. The van der Waals surface area contributed by atoms with Crippen LogP contribution in [0.2, 0.25) is 0 Å². The number of carbonyl (C=O) groups is 1. The molecule has 2 rings (SSSR count). The number of nitrogens with one attached hydrogen (secondary N) is 1. The molecule has 1 N–H and O–H groups in total. The van der Waals surface area contributed by atoms with Crippen molar-refractivity contribution in [1.82, 2.24) is 4.98 Å². The third-order valence-electron chi connectivity index (χ3n) is 3.64. The van der Waals surface area contributed by atoms with Gasteiger partial charge >= 0.3 is 0 Å². The zero-order chi connectivity index (χ0) is 14.2. The number of hydrogen-bond acceptors (Lipinski definition) is 2. The van der Waals surface area contributed by atoms with Crippen LogP contribution < -0.4 is 5.32 Å². The largest absolute Gasteiger partial charge is 0.310 e. The number of allylic oxidation sites excluding steroid dienone is 1. The summed E-state index contributed by atoms with van der Waals surface area (Å²) in [6, 6.07) is 5.53. The smallest absolute Gasteiger partial charge is 0.229 e. The Morgan fingerprint density at radius 2 is 2.11 bits per heavy atom. The molecule has 0 aromatic carbocycles. The Bertz CT molecular complexity index is 536. The number of rotatable bonds is 3. The second-order valence-electron chi connectivity index (χ2n) is 5.43. The van der Waals surface area contributed by atoms with Crippen molar-refractivity contribution in [3.05, 3.63) is 34.5 Å². The van der Waals surface area contributed by atoms with E-state index in [4.69, 9.17) is 23.2 Å². The third-order valence-corrected chi connectivity index (χ3v) is 3.89. The van der Waals surface area contributed by atoms with E-state index in [1.165, 1.54) is 0 Å². The Morgan fingerprint density at radius 1 is 1.42 bits per heavy atom. The highest BCUT2D eigenvalue weighted by Gasteiger charge is 2.60. The van der Waals surface area contributed by atoms with E-state index in [1.807, 2.05) is 32.9 Å². The maximum Gasteiger partial charge on any atom is 0.229 e. The highest BCUT2D eigenvalue weighted by molar-refractivity contribution is 6.55. The van der Waals surface area contributed by atoms with E-state index in [9.17, 15) is 4.79 Å². The maximum absolute atomic E-state index is 12.2. The molecule has 1 aromatic rings. The van der Waals surface area contributed by atoms with Gasteiger partial charge in [-0.05, 0) is 36.5 Å². The third kappa shape index (κ3) is 3.10. The van der Waals surface area contributed by atoms with Gasteiger partial charge < -0.3 is 5.32 Å². The molecule has 0 saturated heterocycles. The Labute approximate surface area is 123 Å². The lowest BCUT2D eigenvalue weighted by molar-refractivity contribution is -0.118. The van der Waals surface area contributed by atoms with Gasteiger partial charge in [-0.2, -0.15) is 0 Å². The average Bonchev–Trinajstić information content (AvgIpc) is 2.79. The molecule has 2 atom stereocenters. The number of aryl methyl sites for hydroxylation is 1. The topological polar surface area (TPSA) is 42.0 Å². The summed E-state index contributed by atoms with van der Waals surface area (Å²) in [6.07, 6.45) is 1.73. The molecule has 1 aliphatic carbocycles. The van der Waals surface area contributed by atoms with Crippen molar-refractivity contribution in [3.8, 4) is 0 Å². The van der Waals surface area contributed by atoms with Crippen molar-refractivity contribution < 1.29 is 4.79 Å². The molecule has 1 saturated carbocycles. The normalized spacial score (nSPS) is 23.6. The van der Waals surface area contributed by atoms with Gasteiger partial charge in [0.1, 0.15) is 10.3 Å². The summed E-state index contributed by atoms with van der Waals surface area (Å²) in [5.41, 5.74) is 0.747. The molecule has 19 heavy (non-hydrogen) atoms. The van der Waals surface area contributed by atoms with Gasteiger partial charge in [0.15, 0.2) is 0 Å². The first kappa shape index (κ1) is 14.4. The van der Waals surface area contributed by atoms with E-state index >= 15 is 0 Å². The van der Waals surface area contributed by atoms with Crippen LogP contribution in [0.3, 0.4) is 0 Å². The maximum atomic E-state index is 12.2. The van der Waals surface area contributed by atoms with E-state index in [-0.39, 0.29) is 27.6 Å². The second-order valence-corrected chi connectivity index (χ2v) is 6.44. The molecular formula is C14H16Cl2N2O. The van der Waals surface area contributed by atoms with E-state index in [2.05, 4.69) is 10.3 Å². The molecule has 0 bridgehead atoms. The van der Waals surface area contributed by atoms with Gasteiger partial charge in [0.05, 0.1) is 5.92 Å². The molecule has 1 fully saturated rings. The lowest BCUT2D eigenvalue weighted by atomic mass is 10.1. The number of pyridine rings is 1. The molecule has 0 aliphatic heterocycles. The predicted molar refractivity (Wildman–Crippen MR) is 78.2 cm³/mol. The fourth-order valence-electron chi connectivity index (χ4n) is 2.44. The van der Waals surface area contributed by atoms with Crippen LogP contribution in [0.4, 0.5) is 5.82 Å². The Kier molecular flexibility index (Phi) is 3.88. The number of halogens is 2. The molecule has 0 radical (unpaired) electrons. The molecule has 1 aromatic heterocycles. The van der Waals surface area contributed by atoms with Crippen LogP contribution in [-0.4, -0.2) is 10.9 Å². The molecule has 2 unspecified atom stereocenters. The van der Waals surface area contributed by atoms with E-state index in [0.717, 1.165) is 5.69 Å². The van der Waals surface area contributed by atoms with Gasteiger partial charge in [0, 0.05) is 5.69 Å². The van der Waals surface area contributed by atoms with Gasteiger partial charge in [0.2, 0.25) is 5.91 Å². The van der Waals surface area contributed by atoms with Crippen LogP contribution in [0.5, 0.6) is 0 Å². The van der Waals surface area contributed by atoms with Gasteiger partial charge in [-0.1, -0.05) is 43.1 Å². The summed E-state index contributed by atoms with van der Waals surface area (Å²) in [5, 5.41) is 2.84. The van der Waals surface area contributed by atoms with Crippen LogP contribution >= 0.6 is 23.2 Å². The monoisotopic (exact) mass is 298 g/mol. The quantitative estimate of drug-likeness (QED) is 0.919. The van der Waals surface area contributed by atoms with Crippen molar-refractivity contribution >= 4 is 34.9 Å². The fourth-order valence-corrected chi connectivity index (χ4v) is 2.71. The Hall–Kier alpha value is -1.06. The van der Waals surface area contributed by atoms with E-state index < -0.39 is 0 Å². The van der Waals surface area contributed by atoms with Crippen molar-refractivity contribution in [2.75, 3.05) is 5.32 Å². The lowest BCUT2D eigenvalue weighted by Crippen LogP contribution is -2.17. The van der Waals surface area contributed by atoms with Gasteiger partial charge in [-0.15, -0.1) is 0 Å². The van der Waals surface area contributed by atoms with Gasteiger partial charge in [0.25, 0.3) is 0 Å². The first-order valence-corrected chi connectivity index (χ1v) is 6.85. The first-order chi connectivity index (χ1) is 8.82. The predicted octanol–water partition coefficient (Wildman–Crippen LogP) is 3.92. The minimum Gasteiger partial charge on any atom is -0.310 e. The van der Waals surface area contributed by atoms with Crippen molar-refractivity contribution in [2.45, 2.75) is 20.8 Å². The summed E-state index contributed by atoms with van der Waals surface area (Å²) in [4.78, 5) is 16.5. The SMILES string of the molecule is Cc1cccc(NC(=O)C2C(C=C(Cl)Cl)C2(C)C)n1. The van der Waals surface area contributed by atoms with E-state index in [1.54, 1.807) is 12.1 Å². The Balaban J connectivity index is 2.08. The minimum atomic E-state index is -0.123. The van der Waals surface area contributed by atoms with Gasteiger partial charge in [-0.25, -0.2) is 4.98 Å². The first-order valence-electron chi connectivity index (χ1n) is 6.09. The molecule has 1 amide bonds. The Morgan fingerprint density at radius 3 is 2.68 bits per heavy atom. The lowest BCUT2D eigenvalue weighted by Gasteiger charge is -2.05. The molecule has 1 aliphatic rings. The van der Waals surface area contributed by atoms with Crippen LogP contribution in [0, 0.1) is 24.2 Å². The standard InChI is InChI=1S/C14H16Cl2N2O/c1-8-5-4-6-11(17-8)18-13(19)12-9(7-10(15)16)14(12,2)3/h4-7,9,12H,1-3H3,(H,17,18,19). The molecule has 0 spiro atoms. The molecule has 1 heterocycles. The molecule has 5 heteroatoms. The minimum absolute atomic E-state index is 0.0427. The van der Waals surface area contributed by atoms with Crippen LogP contribution in [0.15, 0.2) is 28.8 Å². The summed E-state index contributed by atoms with van der Waals surface area (Å²) >= 11 is 11.3. The van der Waals surface area contributed by atoms with Crippen LogP contribution in [0.25, 0.3) is 0 Å². The summed E-state index contributed by atoms with van der Waals surface area (Å²) in [5.74, 6) is 0.482. The van der Waals surface area contributed by atoms with E-state index in [0.29, 0.717) is 5.82 Å². The summed E-state index contributed by atoms with van der Waals surface area (Å²) in [6.45, 7) is 5.94. The van der Waals surface area contributed by atoms with Gasteiger partial charge in [-0.3, -0.25) is 4.79 Å². The molecule has 3 nitrogen and oxygen atoms in total. The fraction of sp³-hybridized carbons (Fsp3) is 0.429. The van der Waals surface area contributed by atoms with Crippen LogP contribution in [-0.2, 0) is 4.79 Å². The zero-order valence-electron chi connectivity index (χ0n) is 11.1. The number of hydrogen-bond donors (Lipinski definition) is 1.